The molecule has 1 N–H and O–H groups in total. The molecule has 0 radical (unpaired) electrons. The summed E-state index contributed by atoms with van der Waals surface area (Å²) in [7, 11) is 0. The molecule has 0 spiro atoms. The number of amides is 1. The number of rotatable bonds is 4. The molecule has 0 saturated carbocycles. The van der Waals surface area contributed by atoms with Gasteiger partial charge in [0.25, 0.3) is 5.91 Å². The van der Waals surface area contributed by atoms with Crippen LogP contribution in [0.3, 0.4) is 0 Å². The van der Waals surface area contributed by atoms with E-state index in [1.807, 2.05) is 36.4 Å². The molecule has 2 nitrogen and oxygen atoms in total. The SMILES string of the molecule is O=C(NCc1cccc(CCl)c1)c1ccc(Br)cc1. The highest BCUT2D eigenvalue weighted by Gasteiger charge is 2.04. The third kappa shape index (κ3) is 4.08. The second-order valence-corrected chi connectivity index (χ2v) is 5.33. The molecular formula is C15H13BrClNO. The minimum Gasteiger partial charge on any atom is -0.348 e. The second kappa shape index (κ2) is 6.73. The lowest BCUT2D eigenvalue weighted by molar-refractivity contribution is 0.0951. The molecule has 19 heavy (non-hydrogen) atoms. The monoisotopic (exact) mass is 337 g/mol. The zero-order valence-electron chi connectivity index (χ0n) is 10.2. The molecule has 2 rings (SSSR count). The smallest absolute Gasteiger partial charge is 0.251 e. The zero-order valence-corrected chi connectivity index (χ0v) is 12.5. The second-order valence-electron chi connectivity index (χ2n) is 4.14. The van der Waals surface area contributed by atoms with Gasteiger partial charge < -0.3 is 5.32 Å². The maximum Gasteiger partial charge on any atom is 0.251 e. The molecule has 1 amide bonds. The van der Waals surface area contributed by atoms with Gasteiger partial charge in [0.2, 0.25) is 0 Å². The fraction of sp³-hybridized carbons (Fsp3) is 0.133. The highest BCUT2D eigenvalue weighted by Crippen LogP contribution is 2.11. The normalized spacial score (nSPS) is 10.2. The first-order chi connectivity index (χ1) is 9.19. The first-order valence-corrected chi connectivity index (χ1v) is 7.19. The Balaban J connectivity index is 1.98. The molecule has 2 aromatic rings. The lowest BCUT2D eigenvalue weighted by Crippen LogP contribution is -2.22. The Morgan fingerprint density at radius 1 is 1.11 bits per heavy atom. The quantitative estimate of drug-likeness (QED) is 0.835. The molecule has 98 valence electrons. The van der Waals surface area contributed by atoms with E-state index in [4.69, 9.17) is 11.6 Å². The molecule has 0 fully saturated rings. The van der Waals surface area contributed by atoms with Crippen LogP contribution in [-0.2, 0) is 12.4 Å². The Kier molecular flexibility index (Phi) is 5.00. The first kappa shape index (κ1) is 14.1. The van der Waals surface area contributed by atoms with E-state index in [1.165, 1.54) is 0 Å². The van der Waals surface area contributed by atoms with Crippen LogP contribution in [0.4, 0.5) is 0 Å². The van der Waals surface area contributed by atoms with Gasteiger partial charge >= 0.3 is 0 Å². The Morgan fingerprint density at radius 3 is 2.47 bits per heavy atom. The number of benzene rings is 2. The van der Waals surface area contributed by atoms with Gasteiger partial charge in [-0.05, 0) is 35.4 Å². The first-order valence-electron chi connectivity index (χ1n) is 5.86. The van der Waals surface area contributed by atoms with Gasteiger partial charge in [0, 0.05) is 22.5 Å². The fourth-order valence-electron chi connectivity index (χ4n) is 1.71. The zero-order chi connectivity index (χ0) is 13.7. The topological polar surface area (TPSA) is 29.1 Å². The lowest BCUT2D eigenvalue weighted by atomic mass is 10.1. The number of carbonyl (C=O) groups excluding carboxylic acids is 1. The predicted molar refractivity (Wildman–Crippen MR) is 81.3 cm³/mol. The number of alkyl halides is 1. The van der Waals surface area contributed by atoms with Crippen LogP contribution in [0.5, 0.6) is 0 Å². The molecule has 0 aliphatic rings. The summed E-state index contributed by atoms with van der Waals surface area (Å²) in [6, 6.07) is 15.1. The van der Waals surface area contributed by atoms with Crippen molar-refractivity contribution < 1.29 is 4.79 Å². The van der Waals surface area contributed by atoms with E-state index < -0.39 is 0 Å². The molecule has 0 atom stereocenters. The van der Waals surface area contributed by atoms with Crippen LogP contribution in [0.15, 0.2) is 53.0 Å². The van der Waals surface area contributed by atoms with Crippen LogP contribution in [-0.4, -0.2) is 5.91 Å². The van der Waals surface area contributed by atoms with Gasteiger partial charge in [-0.25, -0.2) is 0 Å². The molecule has 0 aliphatic carbocycles. The van der Waals surface area contributed by atoms with E-state index in [1.54, 1.807) is 12.1 Å². The van der Waals surface area contributed by atoms with E-state index in [0.717, 1.165) is 15.6 Å². The van der Waals surface area contributed by atoms with Crippen molar-refractivity contribution in [3.63, 3.8) is 0 Å². The molecule has 0 aliphatic heterocycles. The standard InChI is InChI=1S/C15H13BrClNO/c16-14-6-4-13(5-7-14)15(19)18-10-12-3-1-2-11(8-12)9-17/h1-8H,9-10H2,(H,18,19). The molecule has 0 aromatic heterocycles. The van der Waals surface area contributed by atoms with Crippen LogP contribution < -0.4 is 5.32 Å². The van der Waals surface area contributed by atoms with Crippen LogP contribution in [0.1, 0.15) is 21.5 Å². The minimum atomic E-state index is -0.0798. The number of hydrogen-bond acceptors (Lipinski definition) is 1. The maximum atomic E-state index is 11.9. The number of carbonyl (C=O) groups is 1. The van der Waals surface area contributed by atoms with Crippen molar-refractivity contribution in [2.75, 3.05) is 0 Å². The minimum absolute atomic E-state index is 0.0798. The summed E-state index contributed by atoms with van der Waals surface area (Å²) < 4.78 is 0.957. The Hall–Kier alpha value is -1.32. The highest BCUT2D eigenvalue weighted by atomic mass is 79.9. The molecule has 4 heteroatoms. The third-order valence-corrected chi connectivity index (χ3v) is 3.54. The van der Waals surface area contributed by atoms with Crippen molar-refractivity contribution >= 4 is 33.4 Å². The molecule has 0 heterocycles. The Labute approximate surface area is 125 Å². The third-order valence-electron chi connectivity index (χ3n) is 2.71. The summed E-state index contributed by atoms with van der Waals surface area (Å²) in [4.78, 5) is 11.9. The van der Waals surface area contributed by atoms with Gasteiger partial charge in [0.05, 0.1) is 0 Å². The lowest BCUT2D eigenvalue weighted by Gasteiger charge is -2.06. The van der Waals surface area contributed by atoms with Crippen LogP contribution in [0, 0.1) is 0 Å². The average Bonchev–Trinajstić information content (AvgIpc) is 2.46. The van der Waals surface area contributed by atoms with E-state index in [0.29, 0.717) is 18.0 Å². The van der Waals surface area contributed by atoms with Crippen molar-refractivity contribution in [3.05, 3.63) is 69.7 Å². The van der Waals surface area contributed by atoms with Crippen molar-refractivity contribution in [3.8, 4) is 0 Å². The van der Waals surface area contributed by atoms with Crippen molar-refractivity contribution in [1.29, 1.82) is 0 Å². The maximum absolute atomic E-state index is 11.9. The summed E-state index contributed by atoms with van der Waals surface area (Å²) in [5.74, 6) is 0.401. The van der Waals surface area contributed by atoms with Crippen molar-refractivity contribution in [1.82, 2.24) is 5.32 Å². The van der Waals surface area contributed by atoms with Crippen molar-refractivity contribution in [2.24, 2.45) is 0 Å². The van der Waals surface area contributed by atoms with E-state index in [-0.39, 0.29) is 5.91 Å². The van der Waals surface area contributed by atoms with Gasteiger partial charge in [0.15, 0.2) is 0 Å². The molecule has 0 unspecified atom stereocenters. The summed E-state index contributed by atoms with van der Waals surface area (Å²) in [6.45, 7) is 0.500. The number of hydrogen-bond donors (Lipinski definition) is 1. The summed E-state index contributed by atoms with van der Waals surface area (Å²) >= 11 is 9.12. The van der Waals surface area contributed by atoms with Gasteiger partial charge in [0.1, 0.15) is 0 Å². The number of halogens is 2. The van der Waals surface area contributed by atoms with E-state index in [2.05, 4.69) is 21.2 Å². The van der Waals surface area contributed by atoms with Gasteiger partial charge in [-0.1, -0.05) is 40.2 Å². The average molecular weight is 339 g/mol. The highest BCUT2D eigenvalue weighted by molar-refractivity contribution is 9.10. The fourth-order valence-corrected chi connectivity index (χ4v) is 2.14. The van der Waals surface area contributed by atoms with Crippen molar-refractivity contribution in [2.45, 2.75) is 12.4 Å². The summed E-state index contributed by atoms with van der Waals surface area (Å²) in [6.07, 6.45) is 0. The summed E-state index contributed by atoms with van der Waals surface area (Å²) in [5.41, 5.74) is 2.75. The van der Waals surface area contributed by atoms with Crippen LogP contribution >= 0.6 is 27.5 Å². The van der Waals surface area contributed by atoms with Gasteiger partial charge in [-0.2, -0.15) is 0 Å². The predicted octanol–water partition coefficient (Wildman–Crippen LogP) is 4.12. The van der Waals surface area contributed by atoms with E-state index in [9.17, 15) is 4.79 Å². The Bertz CT molecular complexity index is 569. The largest absolute Gasteiger partial charge is 0.348 e. The summed E-state index contributed by atoms with van der Waals surface area (Å²) in [5, 5.41) is 2.89. The molecule has 0 bridgehead atoms. The van der Waals surface area contributed by atoms with E-state index >= 15 is 0 Å². The van der Waals surface area contributed by atoms with Crippen LogP contribution in [0.2, 0.25) is 0 Å². The van der Waals surface area contributed by atoms with Gasteiger partial charge in [-0.3, -0.25) is 4.79 Å². The molecular weight excluding hydrogens is 326 g/mol. The van der Waals surface area contributed by atoms with Gasteiger partial charge in [-0.15, -0.1) is 11.6 Å². The number of nitrogens with one attached hydrogen (secondary N) is 1. The molecule has 2 aromatic carbocycles. The Morgan fingerprint density at radius 2 is 1.79 bits per heavy atom. The van der Waals surface area contributed by atoms with Crippen LogP contribution in [0.25, 0.3) is 0 Å². The molecule has 0 saturated heterocycles.